The van der Waals surface area contributed by atoms with Crippen molar-refractivity contribution in [2.75, 3.05) is 17.6 Å². The lowest BCUT2D eigenvalue weighted by Crippen LogP contribution is -2.27. The molecule has 2 unspecified atom stereocenters. The number of hydrogen-bond donors (Lipinski definition) is 2. The second-order valence-electron chi connectivity index (χ2n) is 5.05. The number of rotatable bonds is 6. The number of amides is 1. The van der Waals surface area contributed by atoms with Gasteiger partial charge in [-0.2, -0.15) is 0 Å². The summed E-state index contributed by atoms with van der Waals surface area (Å²) in [7, 11) is 0. The van der Waals surface area contributed by atoms with Crippen molar-refractivity contribution in [2.24, 2.45) is 5.92 Å². The minimum absolute atomic E-state index is 0.0564. The normalized spacial score (nSPS) is 19.1. The number of fused-ring (bicyclic) bond motifs is 1. The topological polar surface area (TPSA) is 41.1 Å². The highest BCUT2D eigenvalue weighted by Gasteiger charge is 2.29. The molecular formula is C15H22N2OS. The Labute approximate surface area is 119 Å². The first-order chi connectivity index (χ1) is 9.15. The summed E-state index contributed by atoms with van der Waals surface area (Å²) < 4.78 is 0. The molecule has 0 aromatic heterocycles. The van der Waals surface area contributed by atoms with Gasteiger partial charge in [-0.25, -0.2) is 0 Å². The molecule has 1 amide bonds. The third-order valence-electron chi connectivity index (χ3n) is 3.50. The van der Waals surface area contributed by atoms with Gasteiger partial charge < -0.3 is 10.6 Å². The molecule has 0 aliphatic carbocycles. The maximum Gasteiger partial charge on any atom is 0.246 e. The summed E-state index contributed by atoms with van der Waals surface area (Å²) >= 11 is 1.86. The quantitative estimate of drug-likeness (QED) is 0.783. The summed E-state index contributed by atoms with van der Waals surface area (Å²) in [6.45, 7) is 7.29. The summed E-state index contributed by atoms with van der Waals surface area (Å²) in [4.78, 5) is 13.1. The fraction of sp³-hybridized carbons (Fsp3) is 0.533. The van der Waals surface area contributed by atoms with Gasteiger partial charge in [-0.1, -0.05) is 33.3 Å². The Hall–Kier alpha value is -1.00. The Morgan fingerprint density at radius 3 is 2.89 bits per heavy atom. The van der Waals surface area contributed by atoms with Crippen LogP contribution in [0.2, 0.25) is 0 Å². The fourth-order valence-corrected chi connectivity index (χ4v) is 3.17. The van der Waals surface area contributed by atoms with E-state index in [-0.39, 0.29) is 11.9 Å². The Bertz CT molecular complexity index is 461. The summed E-state index contributed by atoms with van der Waals surface area (Å²) in [5.74, 6) is 1.91. The van der Waals surface area contributed by atoms with Crippen molar-refractivity contribution in [1.82, 2.24) is 5.32 Å². The lowest BCUT2D eigenvalue weighted by atomic mass is 10.1. The zero-order valence-corrected chi connectivity index (χ0v) is 12.6. The van der Waals surface area contributed by atoms with Gasteiger partial charge in [0.1, 0.15) is 6.04 Å². The van der Waals surface area contributed by atoms with Gasteiger partial charge in [0.05, 0.1) is 0 Å². The van der Waals surface area contributed by atoms with E-state index in [9.17, 15) is 4.79 Å². The van der Waals surface area contributed by atoms with E-state index in [0.717, 1.165) is 29.5 Å². The van der Waals surface area contributed by atoms with E-state index in [1.807, 2.05) is 18.7 Å². The molecule has 0 radical (unpaired) electrons. The van der Waals surface area contributed by atoms with E-state index < -0.39 is 0 Å². The molecule has 4 heteroatoms. The Morgan fingerprint density at radius 2 is 2.21 bits per heavy atom. The van der Waals surface area contributed by atoms with E-state index in [4.69, 9.17) is 0 Å². The molecule has 1 heterocycles. The van der Waals surface area contributed by atoms with Crippen LogP contribution in [-0.2, 0) is 4.79 Å². The zero-order valence-electron chi connectivity index (χ0n) is 11.8. The van der Waals surface area contributed by atoms with Gasteiger partial charge in [0.2, 0.25) is 5.91 Å². The minimum Gasteiger partial charge on any atom is -0.324 e. The van der Waals surface area contributed by atoms with Crippen LogP contribution in [0, 0.1) is 5.92 Å². The molecule has 0 fully saturated rings. The maximum atomic E-state index is 11.9. The van der Waals surface area contributed by atoms with E-state index in [1.165, 1.54) is 11.3 Å². The lowest BCUT2D eigenvalue weighted by molar-refractivity contribution is -0.117. The van der Waals surface area contributed by atoms with Crippen LogP contribution in [0.15, 0.2) is 23.1 Å². The number of thioether (sulfide) groups is 1. The molecule has 1 aliphatic heterocycles. The van der Waals surface area contributed by atoms with Gasteiger partial charge in [0, 0.05) is 21.9 Å². The Kier molecular flexibility index (Phi) is 4.88. The van der Waals surface area contributed by atoms with Crippen LogP contribution in [0.1, 0.15) is 38.8 Å². The van der Waals surface area contributed by atoms with Crippen molar-refractivity contribution >= 4 is 23.4 Å². The predicted molar refractivity (Wildman–Crippen MR) is 81.7 cm³/mol. The van der Waals surface area contributed by atoms with E-state index in [2.05, 4.69) is 42.7 Å². The van der Waals surface area contributed by atoms with Crippen LogP contribution >= 0.6 is 11.8 Å². The van der Waals surface area contributed by atoms with E-state index in [0.29, 0.717) is 0 Å². The van der Waals surface area contributed by atoms with Crippen LogP contribution in [-0.4, -0.2) is 18.2 Å². The Balaban J connectivity index is 2.09. The number of likely N-dealkylation sites (N-methyl/N-ethyl adjacent to an activating group) is 1. The third-order valence-corrected chi connectivity index (χ3v) is 4.82. The summed E-state index contributed by atoms with van der Waals surface area (Å²) in [6, 6.07) is 6.10. The number of anilines is 1. The van der Waals surface area contributed by atoms with E-state index >= 15 is 0 Å². The number of hydrogen-bond acceptors (Lipinski definition) is 3. The first kappa shape index (κ1) is 14.4. The molecule has 0 bridgehead atoms. The number of carbonyl (C=O) groups excluding carboxylic acids is 1. The molecule has 1 aromatic carbocycles. The molecule has 104 valence electrons. The summed E-state index contributed by atoms with van der Waals surface area (Å²) in [5, 5.41) is 6.17. The van der Waals surface area contributed by atoms with Crippen molar-refractivity contribution in [1.29, 1.82) is 0 Å². The smallest absolute Gasteiger partial charge is 0.246 e. The molecule has 3 nitrogen and oxygen atoms in total. The van der Waals surface area contributed by atoms with Gasteiger partial charge in [-0.05, 0) is 24.6 Å². The predicted octanol–water partition coefficient (Wildman–Crippen LogP) is 3.43. The van der Waals surface area contributed by atoms with Gasteiger partial charge in [-0.15, -0.1) is 11.8 Å². The van der Waals surface area contributed by atoms with Gasteiger partial charge in [-0.3, -0.25) is 4.79 Å². The highest BCUT2D eigenvalue weighted by atomic mass is 32.2. The molecule has 2 N–H and O–H groups in total. The van der Waals surface area contributed by atoms with Crippen LogP contribution in [0.5, 0.6) is 0 Å². The van der Waals surface area contributed by atoms with Gasteiger partial charge in [0.15, 0.2) is 0 Å². The first-order valence-electron chi connectivity index (χ1n) is 6.96. The zero-order chi connectivity index (χ0) is 13.8. The first-order valence-corrected chi connectivity index (χ1v) is 7.95. The highest BCUT2D eigenvalue weighted by molar-refractivity contribution is 7.99. The molecule has 0 saturated heterocycles. The molecular weight excluding hydrogens is 256 g/mol. The number of carbonyl (C=O) groups is 1. The molecule has 0 spiro atoms. The maximum absolute atomic E-state index is 11.9. The van der Waals surface area contributed by atoms with Crippen LogP contribution in [0.25, 0.3) is 0 Å². The minimum atomic E-state index is -0.186. The number of benzene rings is 1. The fourth-order valence-electron chi connectivity index (χ4n) is 2.09. The second-order valence-corrected chi connectivity index (χ2v) is 6.15. The van der Waals surface area contributed by atoms with Crippen molar-refractivity contribution < 1.29 is 4.79 Å². The molecule has 2 atom stereocenters. The van der Waals surface area contributed by atoms with Gasteiger partial charge >= 0.3 is 0 Å². The molecule has 2 rings (SSSR count). The van der Waals surface area contributed by atoms with Crippen molar-refractivity contribution in [3.05, 3.63) is 23.8 Å². The SMILES string of the molecule is CCNC1C(=O)Nc2cc(SCC(C)CC)ccc21. The third kappa shape index (κ3) is 3.31. The average Bonchev–Trinajstić information content (AvgIpc) is 2.72. The standard InChI is InChI=1S/C15H22N2OS/c1-4-10(3)9-19-11-6-7-12-13(8-11)17-15(18)14(12)16-5-2/h6-8,10,14,16H,4-5,9H2,1-3H3,(H,17,18). The van der Waals surface area contributed by atoms with Crippen LogP contribution in [0.3, 0.4) is 0 Å². The van der Waals surface area contributed by atoms with Crippen molar-refractivity contribution in [3.8, 4) is 0 Å². The molecule has 1 aromatic rings. The van der Waals surface area contributed by atoms with Crippen LogP contribution < -0.4 is 10.6 Å². The molecule has 0 saturated carbocycles. The van der Waals surface area contributed by atoms with Gasteiger partial charge in [0.25, 0.3) is 0 Å². The van der Waals surface area contributed by atoms with E-state index in [1.54, 1.807) is 0 Å². The molecule has 19 heavy (non-hydrogen) atoms. The monoisotopic (exact) mass is 278 g/mol. The molecule has 1 aliphatic rings. The Morgan fingerprint density at radius 1 is 1.42 bits per heavy atom. The highest BCUT2D eigenvalue weighted by Crippen LogP contribution is 2.34. The van der Waals surface area contributed by atoms with Crippen molar-refractivity contribution in [3.63, 3.8) is 0 Å². The average molecular weight is 278 g/mol. The summed E-state index contributed by atoms with van der Waals surface area (Å²) in [6.07, 6.45) is 1.21. The van der Waals surface area contributed by atoms with Crippen molar-refractivity contribution in [2.45, 2.75) is 38.1 Å². The second kappa shape index (κ2) is 6.44. The number of nitrogens with one attached hydrogen (secondary N) is 2. The summed E-state index contributed by atoms with van der Waals surface area (Å²) in [5.41, 5.74) is 2.03. The lowest BCUT2D eigenvalue weighted by Gasteiger charge is -2.10. The largest absolute Gasteiger partial charge is 0.324 e. The van der Waals surface area contributed by atoms with Crippen LogP contribution in [0.4, 0.5) is 5.69 Å².